The molecule has 0 aliphatic carbocycles. The fraction of sp³-hybridized carbons (Fsp3) is 0.471. The Morgan fingerprint density at radius 2 is 1.78 bits per heavy atom. The first-order chi connectivity index (χ1) is 11.3. The van der Waals surface area contributed by atoms with Crippen molar-refractivity contribution in [3.8, 4) is 0 Å². The van der Waals surface area contributed by atoms with Gasteiger partial charge in [0.2, 0.25) is 0 Å². The molecule has 2 heterocycles. The number of hydrogen-bond donors (Lipinski definition) is 1. The number of benzene rings is 1. The lowest BCUT2D eigenvalue weighted by atomic mass is 10.1. The fourth-order valence-electron chi connectivity index (χ4n) is 2.79. The van der Waals surface area contributed by atoms with Crippen molar-refractivity contribution in [2.24, 2.45) is 0 Å². The van der Waals surface area contributed by atoms with E-state index in [4.69, 9.17) is 0 Å². The van der Waals surface area contributed by atoms with Crippen molar-refractivity contribution in [3.63, 3.8) is 0 Å². The Hall–Kier alpha value is -1.82. The van der Waals surface area contributed by atoms with Gasteiger partial charge in [-0.25, -0.2) is 4.98 Å². The van der Waals surface area contributed by atoms with Gasteiger partial charge < -0.3 is 4.90 Å². The maximum Gasteiger partial charge on any atom is 0.253 e. The number of H-pyrrole nitrogens is 1. The highest BCUT2D eigenvalue weighted by Gasteiger charge is 2.16. The monoisotopic (exact) mass is 330 g/mol. The molecule has 0 spiro atoms. The molecule has 1 aromatic heterocycles. The molecule has 0 unspecified atom stereocenters. The summed E-state index contributed by atoms with van der Waals surface area (Å²) in [5, 5.41) is 7.47. The topological polar surface area (TPSA) is 61.9 Å². The first-order valence-corrected chi connectivity index (χ1v) is 9.18. The Balaban J connectivity index is 1.58. The van der Waals surface area contributed by atoms with E-state index in [0.717, 1.165) is 42.4 Å². The van der Waals surface area contributed by atoms with Crippen LogP contribution in [0.4, 0.5) is 0 Å². The second-order valence-electron chi connectivity index (χ2n) is 5.84. The number of thioether (sulfide) groups is 1. The summed E-state index contributed by atoms with van der Waals surface area (Å²) < 4.78 is 0. The fourth-order valence-corrected chi connectivity index (χ4v) is 3.53. The molecule has 2 aromatic rings. The van der Waals surface area contributed by atoms with Gasteiger partial charge in [-0.1, -0.05) is 43.2 Å². The minimum absolute atomic E-state index is 0.168. The largest absolute Gasteiger partial charge is 0.339 e. The third-order valence-corrected chi connectivity index (χ3v) is 5.06. The van der Waals surface area contributed by atoms with Gasteiger partial charge in [0.05, 0.1) is 0 Å². The molecule has 0 radical (unpaired) electrons. The number of aromatic nitrogens is 3. The van der Waals surface area contributed by atoms with Gasteiger partial charge in [0, 0.05) is 24.4 Å². The number of nitrogens with zero attached hydrogens (tertiary/aromatic N) is 3. The zero-order chi connectivity index (χ0) is 15.9. The van der Waals surface area contributed by atoms with Gasteiger partial charge in [-0.05, 0) is 30.5 Å². The van der Waals surface area contributed by atoms with Crippen molar-refractivity contribution in [1.82, 2.24) is 20.1 Å². The molecular formula is C17H22N4OS. The highest BCUT2D eigenvalue weighted by molar-refractivity contribution is 7.98. The number of nitrogens with one attached hydrogen (secondary N) is 1. The van der Waals surface area contributed by atoms with Gasteiger partial charge in [-0.3, -0.25) is 9.89 Å². The van der Waals surface area contributed by atoms with Crippen LogP contribution in [0.25, 0.3) is 0 Å². The Labute approximate surface area is 140 Å². The van der Waals surface area contributed by atoms with Gasteiger partial charge in [-0.15, -0.1) is 0 Å². The first kappa shape index (κ1) is 16.1. The molecular weight excluding hydrogens is 308 g/mol. The Kier molecular flexibility index (Phi) is 5.69. The molecule has 1 fully saturated rings. The SMILES string of the molecule is O=C(c1ccc(CSc2ncn[nH]2)cc1)N1CCCCCCC1. The van der Waals surface area contributed by atoms with Crippen molar-refractivity contribution in [2.75, 3.05) is 13.1 Å². The van der Waals surface area contributed by atoms with E-state index in [-0.39, 0.29) is 5.91 Å². The Morgan fingerprint density at radius 1 is 1.09 bits per heavy atom. The van der Waals surface area contributed by atoms with Crippen molar-refractivity contribution < 1.29 is 4.79 Å². The summed E-state index contributed by atoms with van der Waals surface area (Å²) in [5.74, 6) is 0.981. The van der Waals surface area contributed by atoms with Crippen molar-refractivity contribution in [3.05, 3.63) is 41.7 Å². The summed E-state index contributed by atoms with van der Waals surface area (Å²) in [6, 6.07) is 7.94. The quantitative estimate of drug-likeness (QED) is 0.872. The van der Waals surface area contributed by atoms with Crippen LogP contribution in [-0.2, 0) is 5.75 Å². The molecule has 1 saturated heterocycles. The number of likely N-dealkylation sites (tertiary alicyclic amines) is 1. The van der Waals surface area contributed by atoms with Gasteiger partial charge in [0.25, 0.3) is 5.91 Å². The molecule has 0 bridgehead atoms. The molecule has 1 N–H and O–H groups in total. The maximum absolute atomic E-state index is 12.6. The number of carbonyl (C=O) groups excluding carboxylic acids is 1. The van der Waals surface area contributed by atoms with E-state index in [1.807, 2.05) is 29.2 Å². The molecule has 1 amide bonds. The van der Waals surface area contributed by atoms with E-state index in [9.17, 15) is 4.79 Å². The molecule has 5 nitrogen and oxygen atoms in total. The van der Waals surface area contributed by atoms with E-state index in [2.05, 4.69) is 15.2 Å². The van der Waals surface area contributed by atoms with E-state index in [0.29, 0.717) is 0 Å². The molecule has 122 valence electrons. The van der Waals surface area contributed by atoms with E-state index in [1.54, 1.807) is 11.8 Å². The summed E-state index contributed by atoms with van der Waals surface area (Å²) in [6.07, 6.45) is 7.53. The third-order valence-electron chi connectivity index (χ3n) is 4.11. The van der Waals surface area contributed by atoms with Crippen LogP contribution in [0, 0.1) is 0 Å². The highest BCUT2D eigenvalue weighted by Crippen LogP contribution is 2.19. The summed E-state index contributed by atoms with van der Waals surface area (Å²) in [7, 11) is 0. The zero-order valence-electron chi connectivity index (χ0n) is 13.2. The number of aromatic amines is 1. The molecule has 23 heavy (non-hydrogen) atoms. The lowest BCUT2D eigenvalue weighted by Crippen LogP contribution is -2.33. The minimum atomic E-state index is 0.168. The van der Waals surface area contributed by atoms with Crippen molar-refractivity contribution >= 4 is 17.7 Å². The average molecular weight is 330 g/mol. The number of amides is 1. The predicted octanol–water partition coefficient (Wildman–Crippen LogP) is 3.50. The Morgan fingerprint density at radius 3 is 2.43 bits per heavy atom. The second kappa shape index (κ2) is 8.15. The highest BCUT2D eigenvalue weighted by atomic mass is 32.2. The van der Waals surface area contributed by atoms with E-state index >= 15 is 0 Å². The molecule has 6 heteroatoms. The van der Waals surface area contributed by atoms with Crippen LogP contribution < -0.4 is 0 Å². The summed E-state index contributed by atoms with van der Waals surface area (Å²) in [6.45, 7) is 1.78. The lowest BCUT2D eigenvalue weighted by molar-refractivity contribution is 0.0742. The zero-order valence-corrected chi connectivity index (χ0v) is 14.0. The van der Waals surface area contributed by atoms with Crippen LogP contribution in [0.5, 0.6) is 0 Å². The van der Waals surface area contributed by atoms with Crippen LogP contribution in [0.3, 0.4) is 0 Å². The lowest BCUT2D eigenvalue weighted by Gasteiger charge is -2.24. The smallest absolute Gasteiger partial charge is 0.253 e. The number of carbonyl (C=O) groups is 1. The summed E-state index contributed by atoms with van der Waals surface area (Å²) in [4.78, 5) is 18.7. The first-order valence-electron chi connectivity index (χ1n) is 8.19. The molecule has 1 aliphatic rings. The van der Waals surface area contributed by atoms with E-state index < -0.39 is 0 Å². The molecule has 3 rings (SSSR count). The molecule has 1 aliphatic heterocycles. The third kappa shape index (κ3) is 4.58. The normalized spacial score (nSPS) is 15.9. The minimum Gasteiger partial charge on any atom is -0.339 e. The van der Waals surface area contributed by atoms with E-state index in [1.165, 1.54) is 31.2 Å². The Bertz CT molecular complexity index is 604. The summed E-state index contributed by atoms with van der Waals surface area (Å²) >= 11 is 1.60. The number of rotatable bonds is 4. The number of hydrogen-bond acceptors (Lipinski definition) is 4. The van der Waals surface area contributed by atoms with Gasteiger partial charge in [0.15, 0.2) is 5.16 Å². The average Bonchev–Trinajstić information content (AvgIpc) is 3.06. The van der Waals surface area contributed by atoms with Crippen LogP contribution in [0.15, 0.2) is 35.7 Å². The predicted molar refractivity (Wildman–Crippen MR) is 91.4 cm³/mol. The summed E-state index contributed by atoms with van der Waals surface area (Å²) in [5.41, 5.74) is 1.97. The molecule has 0 atom stereocenters. The van der Waals surface area contributed by atoms with Gasteiger partial charge in [-0.2, -0.15) is 5.10 Å². The van der Waals surface area contributed by atoms with Gasteiger partial charge in [0.1, 0.15) is 6.33 Å². The van der Waals surface area contributed by atoms with Crippen LogP contribution >= 0.6 is 11.8 Å². The molecule has 0 saturated carbocycles. The van der Waals surface area contributed by atoms with Crippen LogP contribution in [0.2, 0.25) is 0 Å². The molecule has 1 aromatic carbocycles. The van der Waals surface area contributed by atoms with Gasteiger partial charge >= 0.3 is 0 Å². The standard InChI is InChI=1S/C17H22N4OS/c22-16(21-10-4-2-1-3-5-11-21)15-8-6-14(7-9-15)12-23-17-18-13-19-20-17/h6-9,13H,1-5,10-12H2,(H,18,19,20). The van der Waals surface area contributed by atoms with Crippen LogP contribution in [-0.4, -0.2) is 39.1 Å². The van der Waals surface area contributed by atoms with Crippen molar-refractivity contribution in [2.45, 2.75) is 43.0 Å². The second-order valence-corrected chi connectivity index (χ2v) is 6.80. The van der Waals surface area contributed by atoms with Crippen molar-refractivity contribution in [1.29, 1.82) is 0 Å². The maximum atomic E-state index is 12.6. The van der Waals surface area contributed by atoms with Crippen LogP contribution in [0.1, 0.15) is 48.0 Å².